The Morgan fingerprint density at radius 2 is 1.36 bits per heavy atom. The maximum absolute atomic E-state index is 14.5. The number of hydrogen-bond donors (Lipinski definition) is 0. The molecule has 2 aromatic rings. The van der Waals surface area contributed by atoms with Crippen LogP contribution in [0.1, 0.15) is 5.56 Å². The molecular weight excluding hydrogens is 492 g/mol. The van der Waals surface area contributed by atoms with Crippen LogP contribution in [0.15, 0.2) is 39.3 Å². The van der Waals surface area contributed by atoms with Gasteiger partial charge in [-0.15, -0.1) is 0 Å². The van der Waals surface area contributed by atoms with Gasteiger partial charge in [-0.1, -0.05) is 34.1 Å². The Labute approximate surface area is 153 Å². The Kier molecular flexibility index (Phi) is 5.27. The van der Waals surface area contributed by atoms with E-state index in [1.54, 1.807) is 0 Å². The molecule has 2 aromatic carbocycles. The fourth-order valence-electron chi connectivity index (χ4n) is 2.19. The lowest BCUT2D eigenvalue weighted by Gasteiger charge is -2.32. The maximum atomic E-state index is 14.5. The van der Waals surface area contributed by atoms with Crippen molar-refractivity contribution in [3.8, 4) is 11.1 Å². The molecule has 0 aliphatic heterocycles. The van der Waals surface area contributed by atoms with E-state index in [2.05, 4.69) is 37.9 Å². The smallest absolute Gasteiger partial charge is 0.218 e. The van der Waals surface area contributed by atoms with Gasteiger partial charge in [0.15, 0.2) is 0 Å². The zero-order valence-corrected chi connectivity index (χ0v) is 14.8. The van der Waals surface area contributed by atoms with Crippen LogP contribution in [0.2, 0.25) is 0 Å². The molecule has 0 bridgehead atoms. The highest BCUT2D eigenvalue weighted by Crippen LogP contribution is 2.56. The zero-order valence-electron chi connectivity index (χ0n) is 11.7. The normalized spacial score (nSPS) is 13.2. The molecule has 0 unspecified atom stereocenters. The first-order valence-electron chi connectivity index (χ1n) is 6.29. The van der Waals surface area contributed by atoms with E-state index in [1.165, 1.54) is 12.1 Å². The second kappa shape index (κ2) is 6.53. The standard InChI is InChI=1S/C15H5Br2F8/c16-7-5-9(13(19,14(20,21)22)15(23,24)25)12(10(17)6-7)8-3-1-2-4-11(8)18/h1-5H. The lowest BCUT2D eigenvalue weighted by atomic mass is 9.87. The summed E-state index contributed by atoms with van der Waals surface area (Å²) in [7, 11) is 0. The Bertz CT molecular complexity index is 781. The van der Waals surface area contributed by atoms with E-state index >= 15 is 0 Å². The first-order valence-corrected chi connectivity index (χ1v) is 7.88. The quantitative estimate of drug-likeness (QED) is 0.389. The number of rotatable bonds is 2. The van der Waals surface area contributed by atoms with Gasteiger partial charge in [0.25, 0.3) is 0 Å². The summed E-state index contributed by atoms with van der Waals surface area (Å²) in [5.74, 6) is -1.12. The minimum Gasteiger partial charge on any atom is -0.218 e. The molecule has 10 heteroatoms. The molecule has 0 amide bonds. The van der Waals surface area contributed by atoms with Gasteiger partial charge in [-0.25, -0.2) is 8.78 Å². The first kappa shape index (κ1) is 20.2. The van der Waals surface area contributed by atoms with Crippen molar-refractivity contribution in [1.29, 1.82) is 0 Å². The highest BCUT2D eigenvalue weighted by molar-refractivity contribution is 9.11. The molecule has 135 valence electrons. The summed E-state index contributed by atoms with van der Waals surface area (Å²) in [4.78, 5) is 0. The molecule has 2 rings (SSSR count). The second-order valence-corrected chi connectivity index (χ2v) is 6.50. The van der Waals surface area contributed by atoms with E-state index < -0.39 is 45.0 Å². The third kappa shape index (κ3) is 3.42. The van der Waals surface area contributed by atoms with Crippen molar-refractivity contribution in [2.75, 3.05) is 0 Å². The first-order chi connectivity index (χ1) is 11.3. The van der Waals surface area contributed by atoms with Crippen LogP contribution >= 0.6 is 31.9 Å². The Balaban J connectivity index is 2.97. The molecule has 0 aromatic heterocycles. The van der Waals surface area contributed by atoms with Crippen molar-refractivity contribution < 1.29 is 35.1 Å². The molecule has 0 saturated heterocycles. The van der Waals surface area contributed by atoms with Gasteiger partial charge in [0, 0.05) is 31.7 Å². The maximum Gasteiger partial charge on any atom is 0.435 e. The lowest BCUT2D eigenvalue weighted by Crippen LogP contribution is -2.50. The third-order valence-electron chi connectivity index (χ3n) is 3.28. The fourth-order valence-corrected chi connectivity index (χ4v) is 3.52. The predicted molar refractivity (Wildman–Crippen MR) is 81.0 cm³/mol. The molecule has 0 aliphatic rings. The van der Waals surface area contributed by atoms with Gasteiger partial charge in [-0.05, 0) is 28.1 Å². The molecule has 25 heavy (non-hydrogen) atoms. The predicted octanol–water partition coefficient (Wildman–Crippen LogP) is 7.11. The number of alkyl halides is 7. The van der Waals surface area contributed by atoms with Crippen LogP contribution in [0.5, 0.6) is 0 Å². The Hall–Kier alpha value is -1.16. The van der Waals surface area contributed by atoms with Gasteiger partial charge in [-0.3, -0.25) is 0 Å². The van der Waals surface area contributed by atoms with Crippen molar-refractivity contribution in [3.05, 3.63) is 56.7 Å². The molecule has 1 radical (unpaired) electrons. The van der Waals surface area contributed by atoms with E-state index in [9.17, 15) is 35.1 Å². The molecule has 0 saturated carbocycles. The number of halogens is 10. The SMILES string of the molecule is Fc1ccccc1-c1c(Br)[c]c(Br)cc1C(F)(C(F)(F)F)C(F)(F)F. The number of hydrogen-bond acceptors (Lipinski definition) is 0. The van der Waals surface area contributed by atoms with E-state index in [1.807, 2.05) is 0 Å². The molecule has 0 atom stereocenters. The van der Waals surface area contributed by atoms with E-state index in [0.29, 0.717) is 0 Å². The average Bonchev–Trinajstić information content (AvgIpc) is 2.44. The molecule has 0 nitrogen and oxygen atoms in total. The lowest BCUT2D eigenvalue weighted by molar-refractivity contribution is -0.348. The summed E-state index contributed by atoms with van der Waals surface area (Å²) in [6.07, 6.45) is -12.7. The van der Waals surface area contributed by atoms with E-state index in [4.69, 9.17) is 0 Å². The van der Waals surface area contributed by atoms with Crippen LogP contribution in [-0.4, -0.2) is 12.4 Å². The third-order valence-corrected chi connectivity index (χ3v) is 4.31. The van der Waals surface area contributed by atoms with Gasteiger partial charge >= 0.3 is 18.0 Å². The summed E-state index contributed by atoms with van der Waals surface area (Å²) < 4.78 is 106. The van der Waals surface area contributed by atoms with Crippen LogP contribution in [0.3, 0.4) is 0 Å². The van der Waals surface area contributed by atoms with Crippen LogP contribution in [0.25, 0.3) is 11.1 Å². The Morgan fingerprint density at radius 3 is 1.84 bits per heavy atom. The summed E-state index contributed by atoms with van der Waals surface area (Å²) in [6.45, 7) is 0. The van der Waals surface area contributed by atoms with E-state index in [0.717, 1.165) is 12.1 Å². The van der Waals surface area contributed by atoms with Gasteiger partial charge in [-0.2, -0.15) is 26.3 Å². The monoisotopic (exact) mass is 495 g/mol. The highest BCUT2D eigenvalue weighted by atomic mass is 79.9. The zero-order chi connectivity index (χ0) is 19.2. The molecular formula is C15H5Br2F8. The van der Waals surface area contributed by atoms with Crippen molar-refractivity contribution in [2.24, 2.45) is 0 Å². The van der Waals surface area contributed by atoms with Crippen molar-refractivity contribution in [3.63, 3.8) is 0 Å². The molecule has 0 N–H and O–H groups in total. The minimum absolute atomic E-state index is 0.285. The van der Waals surface area contributed by atoms with Crippen molar-refractivity contribution in [2.45, 2.75) is 18.0 Å². The molecule has 0 fully saturated rings. The molecule has 0 spiro atoms. The second-order valence-electron chi connectivity index (χ2n) is 4.85. The summed E-state index contributed by atoms with van der Waals surface area (Å²) in [6, 6.07) is 6.77. The largest absolute Gasteiger partial charge is 0.435 e. The summed E-state index contributed by atoms with van der Waals surface area (Å²) in [5.41, 5.74) is -9.07. The number of benzene rings is 2. The topological polar surface area (TPSA) is 0 Å². The Morgan fingerprint density at radius 1 is 0.840 bits per heavy atom. The molecule has 0 heterocycles. The summed E-state index contributed by atoms with van der Waals surface area (Å²) in [5, 5.41) is 0. The van der Waals surface area contributed by atoms with Gasteiger partial charge < -0.3 is 0 Å². The van der Waals surface area contributed by atoms with Crippen LogP contribution in [0, 0.1) is 11.9 Å². The minimum atomic E-state index is -6.33. The van der Waals surface area contributed by atoms with E-state index in [-0.39, 0.29) is 10.5 Å². The van der Waals surface area contributed by atoms with Crippen LogP contribution in [0.4, 0.5) is 35.1 Å². The van der Waals surface area contributed by atoms with Crippen molar-refractivity contribution >= 4 is 31.9 Å². The van der Waals surface area contributed by atoms with Crippen LogP contribution in [-0.2, 0) is 5.67 Å². The van der Waals surface area contributed by atoms with Crippen LogP contribution < -0.4 is 0 Å². The highest BCUT2D eigenvalue weighted by Gasteiger charge is 2.74. The van der Waals surface area contributed by atoms with Gasteiger partial charge in [0.2, 0.25) is 0 Å². The fraction of sp³-hybridized carbons (Fsp3) is 0.200. The van der Waals surface area contributed by atoms with Gasteiger partial charge in [0.1, 0.15) is 5.82 Å². The molecule has 0 aliphatic carbocycles. The van der Waals surface area contributed by atoms with Gasteiger partial charge in [0.05, 0.1) is 0 Å². The van der Waals surface area contributed by atoms with Crippen molar-refractivity contribution in [1.82, 2.24) is 0 Å². The summed E-state index contributed by atoms with van der Waals surface area (Å²) >= 11 is 5.42. The average molecular weight is 497 g/mol.